The van der Waals surface area contributed by atoms with Crippen LogP contribution in [0.3, 0.4) is 0 Å². The molecule has 0 aliphatic carbocycles. The summed E-state index contributed by atoms with van der Waals surface area (Å²) in [6.45, 7) is 4.26. The van der Waals surface area contributed by atoms with Gasteiger partial charge in [-0.3, -0.25) is 4.48 Å². The standard InChI is InChI=1S/C13H17N2/c1-10-5-6-12(11(2)9-10)13-14-7-8-15(13,3)4/h5-9H,1-4H3/q+1. The van der Waals surface area contributed by atoms with Gasteiger partial charge in [0.15, 0.2) is 0 Å². The summed E-state index contributed by atoms with van der Waals surface area (Å²) in [5.74, 6) is 1.12. The van der Waals surface area contributed by atoms with Gasteiger partial charge in [-0.2, -0.15) is 4.99 Å². The van der Waals surface area contributed by atoms with Crippen LogP contribution in [0.25, 0.3) is 0 Å². The van der Waals surface area contributed by atoms with Crippen molar-refractivity contribution in [3.63, 3.8) is 0 Å². The van der Waals surface area contributed by atoms with Crippen molar-refractivity contribution in [3.05, 3.63) is 47.3 Å². The van der Waals surface area contributed by atoms with E-state index in [1.165, 1.54) is 16.7 Å². The molecule has 15 heavy (non-hydrogen) atoms. The molecule has 0 saturated heterocycles. The van der Waals surface area contributed by atoms with Gasteiger partial charge in [-0.25, -0.2) is 0 Å². The van der Waals surface area contributed by atoms with Crippen molar-refractivity contribution in [1.29, 1.82) is 0 Å². The zero-order valence-corrected chi connectivity index (χ0v) is 9.78. The molecule has 2 heteroatoms. The van der Waals surface area contributed by atoms with E-state index in [0.717, 1.165) is 10.3 Å². The predicted molar refractivity (Wildman–Crippen MR) is 63.7 cm³/mol. The average Bonchev–Trinajstić information content (AvgIpc) is 2.46. The van der Waals surface area contributed by atoms with Crippen LogP contribution in [0.15, 0.2) is 35.6 Å². The van der Waals surface area contributed by atoms with Gasteiger partial charge in [-0.1, -0.05) is 17.7 Å². The number of amidine groups is 1. The van der Waals surface area contributed by atoms with E-state index in [1.54, 1.807) is 0 Å². The molecule has 0 N–H and O–H groups in total. The number of rotatable bonds is 1. The van der Waals surface area contributed by atoms with E-state index < -0.39 is 0 Å². The summed E-state index contributed by atoms with van der Waals surface area (Å²) in [5.41, 5.74) is 3.84. The minimum Gasteiger partial charge on any atom is -0.252 e. The lowest BCUT2D eigenvalue weighted by Crippen LogP contribution is -2.38. The molecule has 0 bridgehead atoms. The second kappa shape index (κ2) is 3.31. The molecule has 0 unspecified atom stereocenters. The Bertz CT molecular complexity index is 454. The first kappa shape index (κ1) is 10.1. The minimum atomic E-state index is 0.726. The molecule has 0 aromatic heterocycles. The van der Waals surface area contributed by atoms with Gasteiger partial charge < -0.3 is 0 Å². The third kappa shape index (κ3) is 1.73. The molecule has 0 saturated carbocycles. The molecule has 1 aromatic rings. The maximum Gasteiger partial charge on any atom is 0.239 e. The van der Waals surface area contributed by atoms with Crippen LogP contribution in [0.1, 0.15) is 16.7 Å². The second-order valence-electron chi connectivity index (χ2n) is 4.61. The summed E-state index contributed by atoms with van der Waals surface area (Å²) in [4.78, 5) is 4.46. The van der Waals surface area contributed by atoms with Crippen LogP contribution in [-0.2, 0) is 0 Å². The van der Waals surface area contributed by atoms with E-state index >= 15 is 0 Å². The SMILES string of the molecule is Cc1ccc(C2=NC=C[N+]2(C)C)c(C)c1. The van der Waals surface area contributed by atoms with Crippen LogP contribution in [-0.4, -0.2) is 24.4 Å². The molecule has 1 heterocycles. The van der Waals surface area contributed by atoms with E-state index in [4.69, 9.17) is 0 Å². The van der Waals surface area contributed by atoms with Crippen LogP contribution >= 0.6 is 0 Å². The molecule has 1 aliphatic heterocycles. The van der Waals surface area contributed by atoms with Gasteiger partial charge in [0.25, 0.3) is 0 Å². The van der Waals surface area contributed by atoms with Crippen LogP contribution in [0.4, 0.5) is 0 Å². The Morgan fingerprint density at radius 2 is 1.87 bits per heavy atom. The molecule has 2 nitrogen and oxygen atoms in total. The van der Waals surface area contributed by atoms with Crippen molar-refractivity contribution in [3.8, 4) is 0 Å². The number of quaternary nitrogens is 1. The number of aryl methyl sites for hydroxylation is 2. The van der Waals surface area contributed by atoms with Crippen molar-refractivity contribution < 1.29 is 4.48 Å². The van der Waals surface area contributed by atoms with E-state index in [1.807, 2.05) is 6.20 Å². The van der Waals surface area contributed by atoms with Crippen molar-refractivity contribution in [2.45, 2.75) is 13.8 Å². The Labute approximate surface area is 91.2 Å². The number of aliphatic imine (C=N–C) groups is 1. The lowest BCUT2D eigenvalue weighted by molar-refractivity contribution is -0.738. The molecule has 1 aromatic carbocycles. The first-order chi connectivity index (χ1) is 7.00. The average molecular weight is 201 g/mol. The fourth-order valence-corrected chi connectivity index (χ4v) is 1.93. The summed E-state index contributed by atoms with van der Waals surface area (Å²) < 4.78 is 0.726. The highest BCUT2D eigenvalue weighted by atomic mass is 15.4. The summed E-state index contributed by atoms with van der Waals surface area (Å²) in [7, 11) is 4.28. The highest BCUT2D eigenvalue weighted by Crippen LogP contribution is 2.20. The highest BCUT2D eigenvalue weighted by molar-refractivity contribution is 5.96. The van der Waals surface area contributed by atoms with Crippen molar-refractivity contribution in [1.82, 2.24) is 0 Å². The van der Waals surface area contributed by atoms with E-state index in [-0.39, 0.29) is 0 Å². The molecule has 1 aliphatic rings. The van der Waals surface area contributed by atoms with Gasteiger partial charge >= 0.3 is 0 Å². The lowest BCUT2D eigenvalue weighted by atomic mass is 10.0. The smallest absolute Gasteiger partial charge is 0.239 e. The Balaban J connectivity index is 2.48. The highest BCUT2D eigenvalue weighted by Gasteiger charge is 2.27. The van der Waals surface area contributed by atoms with Crippen LogP contribution in [0.2, 0.25) is 0 Å². The summed E-state index contributed by atoms with van der Waals surface area (Å²) in [6, 6.07) is 6.51. The number of nitrogens with zero attached hydrogens (tertiary/aromatic N) is 2. The number of benzene rings is 1. The van der Waals surface area contributed by atoms with Gasteiger partial charge in [0.05, 0.1) is 25.9 Å². The van der Waals surface area contributed by atoms with Crippen LogP contribution < -0.4 is 0 Å². The Kier molecular flexibility index (Phi) is 2.24. The molecule has 0 radical (unpaired) electrons. The maximum absolute atomic E-state index is 4.46. The fraction of sp³-hybridized carbons (Fsp3) is 0.308. The quantitative estimate of drug-likeness (QED) is 0.619. The second-order valence-corrected chi connectivity index (χ2v) is 4.61. The molecule has 0 atom stereocenters. The molecule has 0 fully saturated rings. The summed E-state index contributed by atoms with van der Waals surface area (Å²) in [6.07, 6.45) is 3.98. The molecular weight excluding hydrogens is 184 g/mol. The largest absolute Gasteiger partial charge is 0.252 e. The summed E-state index contributed by atoms with van der Waals surface area (Å²) in [5, 5.41) is 0. The topological polar surface area (TPSA) is 12.4 Å². The minimum absolute atomic E-state index is 0.726. The molecule has 0 spiro atoms. The Morgan fingerprint density at radius 1 is 1.13 bits per heavy atom. The number of hydrogen-bond acceptors (Lipinski definition) is 1. The van der Waals surface area contributed by atoms with Crippen LogP contribution in [0.5, 0.6) is 0 Å². The van der Waals surface area contributed by atoms with Gasteiger partial charge in [0.2, 0.25) is 5.84 Å². The van der Waals surface area contributed by atoms with Crippen molar-refractivity contribution in [2.75, 3.05) is 14.1 Å². The van der Waals surface area contributed by atoms with Crippen molar-refractivity contribution >= 4 is 5.84 Å². The van der Waals surface area contributed by atoms with Gasteiger partial charge in [0.1, 0.15) is 6.20 Å². The molecular formula is C13H17N2+. The Hall–Kier alpha value is -1.41. The maximum atomic E-state index is 4.46. The third-order valence-electron chi connectivity index (χ3n) is 2.80. The van der Waals surface area contributed by atoms with Crippen molar-refractivity contribution in [2.24, 2.45) is 4.99 Å². The third-order valence-corrected chi connectivity index (χ3v) is 2.80. The van der Waals surface area contributed by atoms with E-state index in [0.29, 0.717) is 0 Å². The normalized spacial score (nSPS) is 18.0. The van der Waals surface area contributed by atoms with E-state index in [2.05, 4.69) is 57.3 Å². The van der Waals surface area contributed by atoms with E-state index in [9.17, 15) is 0 Å². The van der Waals surface area contributed by atoms with Crippen LogP contribution in [0, 0.1) is 13.8 Å². The zero-order chi connectivity index (χ0) is 11.1. The fourth-order valence-electron chi connectivity index (χ4n) is 1.93. The molecule has 0 amide bonds. The van der Waals surface area contributed by atoms with Gasteiger partial charge in [-0.05, 0) is 25.5 Å². The molecule has 78 valence electrons. The van der Waals surface area contributed by atoms with Gasteiger partial charge in [-0.15, -0.1) is 0 Å². The first-order valence-corrected chi connectivity index (χ1v) is 5.18. The first-order valence-electron chi connectivity index (χ1n) is 5.18. The monoisotopic (exact) mass is 201 g/mol. The Morgan fingerprint density at radius 3 is 2.40 bits per heavy atom. The molecule has 2 rings (SSSR count). The number of hydrogen-bond donors (Lipinski definition) is 0. The summed E-state index contributed by atoms with van der Waals surface area (Å²) >= 11 is 0. The zero-order valence-electron chi connectivity index (χ0n) is 9.78. The predicted octanol–water partition coefficient (Wildman–Crippen LogP) is 2.61. The lowest BCUT2D eigenvalue weighted by Gasteiger charge is -2.22. The van der Waals surface area contributed by atoms with Gasteiger partial charge in [0, 0.05) is 0 Å².